The number of hydrogen-bond acceptors (Lipinski definition) is 6. The highest BCUT2D eigenvalue weighted by Crippen LogP contribution is 2.21. The van der Waals surface area contributed by atoms with Crippen LogP contribution in [-0.2, 0) is 4.74 Å². The van der Waals surface area contributed by atoms with Crippen LogP contribution in [0.5, 0.6) is 0 Å². The Morgan fingerprint density at radius 3 is 2.62 bits per heavy atom. The Kier molecular flexibility index (Phi) is 7.86. The van der Waals surface area contributed by atoms with E-state index in [4.69, 9.17) is 16.3 Å². The molecule has 1 fully saturated rings. The quantitative estimate of drug-likeness (QED) is 0.446. The van der Waals surface area contributed by atoms with E-state index in [0.717, 1.165) is 43.1 Å². The van der Waals surface area contributed by atoms with Gasteiger partial charge in [-0.25, -0.2) is 5.84 Å². The van der Waals surface area contributed by atoms with E-state index in [0.29, 0.717) is 28.6 Å². The average Bonchev–Trinajstić information content (AvgIpc) is 3.22. The van der Waals surface area contributed by atoms with Crippen molar-refractivity contribution in [3.8, 4) is 0 Å². The van der Waals surface area contributed by atoms with Crippen LogP contribution in [0.15, 0.2) is 43.1 Å². The van der Waals surface area contributed by atoms with Gasteiger partial charge in [-0.05, 0) is 49.9 Å². The standard InChI is InChI=1S/C24H32N6O2/c1-4-6-20-22(5-2)27-28-23(20)21(25)15-30(26)19-9-7-18(8-10-19)24(31)29-13-11-17(12-14-29)16-32-3/h4-10,15,17,27H,1,11-14,16,25-26H2,2-3H3/b20-6+,21-15-,22-5+. The molecule has 170 valence electrons. The van der Waals surface area contributed by atoms with E-state index in [1.165, 1.54) is 5.01 Å². The highest BCUT2D eigenvalue weighted by atomic mass is 16.5. The lowest BCUT2D eigenvalue weighted by Gasteiger charge is -2.31. The number of nitrogens with zero attached hydrogens (tertiary/aromatic N) is 3. The van der Waals surface area contributed by atoms with Crippen molar-refractivity contribution in [1.82, 2.24) is 15.1 Å². The number of nitrogens with two attached hydrogens (primary N) is 2. The fraction of sp³-hybridized carbons (Fsp3) is 0.333. The van der Waals surface area contributed by atoms with E-state index in [1.807, 2.05) is 24.0 Å². The van der Waals surface area contributed by atoms with Crippen LogP contribution in [0.2, 0.25) is 0 Å². The lowest BCUT2D eigenvalue weighted by atomic mass is 9.97. The second-order valence-electron chi connectivity index (χ2n) is 7.82. The van der Waals surface area contributed by atoms with Crippen LogP contribution in [0.4, 0.5) is 5.69 Å². The van der Waals surface area contributed by atoms with E-state index in [1.54, 1.807) is 43.7 Å². The van der Waals surface area contributed by atoms with Crippen LogP contribution in [0.1, 0.15) is 35.8 Å². The largest absolute Gasteiger partial charge is 0.396 e. The molecule has 5 N–H and O–H groups in total. The molecule has 1 saturated heterocycles. The molecule has 1 aliphatic heterocycles. The Morgan fingerprint density at radius 1 is 1.34 bits per heavy atom. The molecule has 1 aromatic heterocycles. The molecule has 1 aliphatic rings. The smallest absolute Gasteiger partial charge is 0.253 e. The summed E-state index contributed by atoms with van der Waals surface area (Å²) in [7, 11) is 1.72. The molecule has 0 atom stereocenters. The van der Waals surface area contributed by atoms with Gasteiger partial charge in [0.2, 0.25) is 0 Å². The minimum absolute atomic E-state index is 0.0375. The minimum atomic E-state index is 0.0375. The number of H-pyrrole nitrogens is 1. The maximum Gasteiger partial charge on any atom is 0.253 e. The van der Waals surface area contributed by atoms with Crippen molar-refractivity contribution in [2.75, 3.05) is 31.8 Å². The van der Waals surface area contributed by atoms with Crippen molar-refractivity contribution >= 4 is 29.4 Å². The van der Waals surface area contributed by atoms with Crippen molar-refractivity contribution in [1.29, 1.82) is 0 Å². The molecule has 2 aromatic rings. The molecule has 8 heteroatoms. The number of hydrazine groups is 1. The molecule has 32 heavy (non-hydrogen) atoms. The van der Waals surface area contributed by atoms with Crippen molar-refractivity contribution in [3.63, 3.8) is 0 Å². The van der Waals surface area contributed by atoms with Crippen LogP contribution < -0.4 is 27.2 Å². The van der Waals surface area contributed by atoms with Crippen LogP contribution in [0, 0.1) is 5.92 Å². The Morgan fingerprint density at radius 2 is 2.03 bits per heavy atom. The molecule has 0 radical (unpaired) electrons. The first-order valence-electron chi connectivity index (χ1n) is 10.7. The number of methoxy groups -OCH3 is 1. The van der Waals surface area contributed by atoms with Gasteiger partial charge in [0.25, 0.3) is 5.91 Å². The summed E-state index contributed by atoms with van der Waals surface area (Å²) >= 11 is 0. The van der Waals surface area contributed by atoms with E-state index in [2.05, 4.69) is 16.8 Å². The first-order valence-corrected chi connectivity index (χ1v) is 10.7. The number of benzene rings is 1. The number of carbonyl (C=O) groups is 1. The molecule has 0 saturated carbocycles. The summed E-state index contributed by atoms with van der Waals surface area (Å²) in [6.45, 7) is 7.92. The normalized spacial score (nSPS) is 16.5. The fourth-order valence-corrected chi connectivity index (χ4v) is 3.87. The Bertz CT molecular complexity index is 1080. The zero-order valence-electron chi connectivity index (χ0n) is 18.8. The van der Waals surface area contributed by atoms with Gasteiger partial charge in [0.1, 0.15) is 5.69 Å². The molecular weight excluding hydrogens is 404 g/mol. The summed E-state index contributed by atoms with van der Waals surface area (Å²) in [6.07, 6.45) is 8.98. The van der Waals surface area contributed by atoms with E-state index in [9.17, 15) is 4.79 Å². The van der Waals surface area contributed by atoms with Gasteiger partial charge in [-0.1, -0.05) is 24.8 Å². The number of anilines is 1. The zero-order valence-corrected chi connectivity index (χ0v) is 18.8. The van der Waals surface area contributed by atoms with Gasteiger partial charge >= 0.3 is 0 Å². The van der Waals surface area contributed by atoms with Gasteiger partial charge in [-0.2, -0.15) is 5.10 Å². The van der Waals surface area contributed by atoms with Crippen LogP contribution in [0.25, 0.3) is 17.8 Å². The van der Waals surface area contributed by atoms with Gasteiger partial charge in [0.15, 0.2) is 0 Å². The highest BCUT2D eigenvalue weighted by molar-refractivity contribution is 5.94. The predicted molar refractivity (Wildman–Crippen MR) is 128 cm³/mol. The fourth-order valence-electron chi connectivity index (χ4n) is 3.87. The number of likely N-dealkylation sites (tertiary alicyclic amines) is 1. The summed E-state index contributed by atoms with van der Waals surface area (Å²) in [5.41, 5.74) is 8.61. The molecule has 1 aromatic carbocycles. The third-order valence-corrected chi connectivity index (χ3v) is 5.67. The van der Waals surface area contributed by atoms with Crippen LogP contribution in [0.3, 0.4) is 0 Å². The monoisotopic (exact) mass is 436 g/mol. The number of hydrogen-bond donors (Lipinski definition) is 3. The van der Waals surface area contributed by atoms with Gasteiger partial charge in [-0.15, -0.1) is 0 Å². The molecule has 2 heterocycles. The van der Waals surface area contributed by atoms with Gasteiger partial charge in [-0.3, -0.25) is 14.9 Å². The number of amides is 1. The average molecular weight is 437 g/mol. The Hall–Kier alpha value is -3.36. The summed E-state index contributed by atoms with van der Waals surface area (Å²) < 4.78 is 5.23. The minimum Gasteiger partial charge on any atom is -0.396 e. The lowest BCUT2D eigenvalue weighted by Crippen LogP contribution is -2.39. The van der Waals surface area contributed by atoms with Crippen molar-refractivity contribution in [3.05, 3.63) is 64.9 Å². The van der Waals surface area contributed by atoms with Crippen molar-refractivity contribution in [2.24, 2.45) is 17.5 Å². The Labute approximate surface area is 188 Å². The van der Waals surface area contributed by atoms with Gasteiger partial charge < -0.3 is 15.4 Å². The topological polar surface area (TPSA) is 114 Å². The second-order valence-corrected chi connectivity index (χ2v) is 7.82. The van der Waals surface area contributed by atoms with Crippen molar-refractivity contribution in [2.45, 2.75) is 19.8 Å². The first-order chi connectivity index (χ1) is 15.5. The summed E-state index contributed by atoms with van der Waals surface area (Å²) in [4.78, 5) is 14.7. The third-order valence-electron chi connectivity index (χ3n) is 5.67. The van der Waals surface area contributed by atoms with E-state index >= 15 is 0 Å². The predicted octanol–water partition coefficient (Wildman–Crippen LogP) is 1.31. The molecule has 0 unspecified atom stereocenters. The molecule has 8 nitrogen and oxygen atoms in total. The number of ether oxygens (including phenoxy) is 1. The number of nitrogens with one attached hydrogen (secondary N) is 1. The number of carbonyl (C=O) groups excluding carboxylic acids is 1. The molecule has 0 aliphatic carbocycles. The number of allylic oxidation sites excluding steroid dienone is 1. The van der Waals surface area contributed by atoms with E-state index < -0.39 is 0 Å². The lowest BCUT2D eigenvalue weighted by molar-refractivity contribution is 0.0613. The molecule has 1 amide bonds. The maximum absolute atomic E-state index is 12.8. The van der Waals surface area contributed by atoms with Gasteiger partial charge in [0.05, 0.1) is 16.7 Å². The number of piperidine rings is 1. The highest BCUT2D eigenvalue weighted by Gasteiger charge is 2.23. The second kappa shape index (κ2) is 10.8. The molecule has 0 spiro atoms. The molecule has 3 rings (SSSR count). The summed E-state index contributed by atoms with van der Waals surface area (Å²) in [5, 5.41) is 10.4. The number of rotatable bonds is 7. The summed E-state index contributed by atoms with van der Waals surface area (Å²) in [6, 6.07) is 7.19. The third kappa shape index (κ3) is 5.27. The molecule has 0 bridgehead atoms. The van der Waals surface area contributed by atoms with Crippen LogP contribution >= 0.6 is 0 Å². The van der Waals surface area contributed by atoms with Crippen molar-refractivity contribution < 1.29 is 9.53 Å². The summed E-state index contributed by atoms with van der Waals surface area (Å²) in [5.74, 6) is 6.77. The SMILES string of the molecule is C=C/C=c1/c(/C(N)=C/N(N)c2ccc(C(=O)N3CCC(COC)CC3)cc2)n[nH]/c1=C/C. The van der Waals surface area contributed by atoms with Gasteiger partial charge in [0, 0.05) is 43.8 Å². The first kappa shape index (κ1) is 23.3. The number of aromatic amines is 1. The number of aromatic nitrogens is 2. The van der Waals surface area contributed by atoms with E-state index in [-0.39, 0.29) is 5.91 Å². The van der Waals surface area contributed by atoms with Crippen LogP contribution in [-0.4, -0.2) is 47.8 Å². The molecular formula is C24H32N6O2. The zero-order chi connectivity index (χ0) is 23.1. The maximum atomic E-state index is 12.8. The Balaban J connectivity index is 1.71.